The van der Waals surface area contributed by atoms with E-state index in [2.05, 4.69) is 11.1 Å². The van der Waals surface area contributed by atoms with E-state index in [1.165, 1.54) is 0 Å². The summed E-state index contributed by atoms with van der Waals surface area (Å²) in [5.74, 6) is -1.58. The van der Waals surface area contributed by atoms with Crippen LogP contribution in [0, 0.1) is 44.8 Å². The van der Waals surface area contributed by atoms with Crippen molar-refractivity contribution in [2.45, 2.75) is 5.92 Å². The number of amides is 1. The third-order valence-corrected chi connectivity index (χ3v) is 4.57. The molecule has 0 saturated heterocycles. The first-order valence-electron chi connectivity index (χ1n) is 6.68. The number of hydrogen-bond donors (Lipinski definition) is 2. The summed E-state index contributed by atoms with van der Waals surface area (Å²) in [6, 6.07) is 14.3. The Labute approximate surface area is 131 Å². The van der Waals surface area contributed by atoms with E-state index in [-0.39, 0.29) is 17.1 Å². The number of fused-ring (bicyclic) bond motifs is 1. The van der Waals surface area contributed by atoms with Gasteiger partial charge in [0.1, 0.15) is 28.8 Å². The third-order valence-electron chi connectivity index (χ3n) is 4.57. The Morgan fingerprint density at radius 1 is 1.17 bits per heavy atom. The maximum absolute atomic E-state index is 12.2. The molecule has 3 atom stereocenters. The number of nitriles is 3. The largest absolute Gasteiger partial charge is 0.386 e. The molecule has 1 aromatic carbocycles. The third kappa shape index (κ3) is 1.35. The summed E-state index contributed by atoms with van der Waals surface area (Å²) >= 11 is 0. The van der Waals surface area contributed by atoms with E-state index in [1.54, 1.807) is 42.5 Å². The second kappa shape index (κ2) is 4.43. The monoisotopic (exact) mass is 302 g/mol. The summed E-state index contributed by atoms with van der Waals surface area (Å²) in [6.07, 6.45) is 0. The Morgan fingerprint density at radius 3 is 2.26 bits per heavy atom. The molecule has 7 nitrogen and oxygen atoms in total. The molecule has 3 unspecified atom stereocenters. The average Bonchev–Trinajstić information content (AvgIpc) is 3.13. The van der Waals surface area contributed by atoms with Crippen LogP contribution in [0.15, 0.2) is 46.6 Å². The lowest BCUT2D eigenvalue weighted by molar-refractivity contribution is -0.121. The van der Waals surface area contributed by atoms with E-state index >= 15 is 0 Å². The average molecular weight is 302 g/mol. The lowest BCUT2D eigenvalue weighted by atomic mass is 9.90. The van der Waals surface area contributed by atoms with Gasteiger partial charge in [-0.2, -0.15) is 15.8 Å². The van der Waals surface area contributed by atoms with Crippen LogP contribution in [0.5, 0.6) is 0 Å². The number of amidine groups is 1. The standard InChI is InChI=1S/C16H10N6O/c17-6-10(7-18)12-15(8-19)11(9-4-2-1-3-5-9)16(15,14(21)23)13(20)22-12/h1-5,11H,(H2,20,22)(H2,21,23). The molecule has 4 N–H and O–H groups in total. The number of nitrogens with zero attached hydrogens (tertiary/aromatic N) is 4. The number of carbonyl (C=O) groups excluding carboxylic acids is 1. The van der Waals surface area contributed by atoms with E-state index in [9.17, 15) is 10.1 Å². The van der Waals surface area contributed by atoms with Crippen molar-refractivity contribution in [2.75, 3.05) is 0 Å². The number of benzene rings is 1. The fourth-order valence-corrected chi connectivity index (χ4v) is 3.64. The molecule has 0 aromatic heterocycles. The highest BCUT2D eigenvalue weighted by molar-refractivity contribution is 6.17. The molecule has 3 rings (SSSR count). The van der Waals surface area contributed by atoms with Crippen molar-refractivity contribution in [3.63, 3.8) is 0 Å². The normalized spacial score (nSPS) is 30.2. The summed E-state index contributed by atoms with van der Waals surface area (Å²) in [7, 11) is 0. The molecular weight excluding hydrogens is 292 g/mol. The Balaban J connectivity index is 2.36. The molecule has 7 heteroatoms. The van der Waals surface area contributed by atoms with Gasteiger partial charge < -0.3 is 11.5 Å². The van der Waals surface area contributed by atoms with Gasteiger partial charge >= 0.3 is 0 Å². The summed E-state index contributed by atoms with van der Waals surface area (Å²) in [5, 5.41) is 28.1. The molecule has 1 aliphatic carbocycles. The van der Waals surface area contributed by atoms with Crippen molar-refractivity contribution >= 4 is 11.7 Å². The molecule has 1 amide bonds. The number of rotatable bonds is 2. The molecule has 2 aliphatic rings. The highest BCUT2D eigenvalue weighted by Gasteiger charge is 2.88. The molecule has 1 aromatic rings. The van der Waals surface area contributed by atoms with E-state index in [0.717, 1.165) is 0 Å². The zero-order valence-electron chi connectivity index (χ0n) is 11.8. The number of primary amides is 1. The molecule has 0 spiro atoms. The highest BCUT2D eigenvalue weighted by atomic mass is 16.1. The van der Waals surface area contributed by atoms with Crippen molar-refractivity contribution in [2.24, 2.45) is 27.3 Å². The van der Waals surface area contributed by atoms with Crippen LogP contribution < -0.4 is 11.5 Å². The smallest absolute Gasteiger partial charge is 0.234 e. The molecule has 1 fully saturated rings. The van der Waals surface area contributed by atoms with E-state index < -0.39 is 22.7 Å². The fraction of sp³-hybridized carbons (Fsp3) is 0.188. The van der Waals surface area contributed by atoms with Crippen molar-refractivity contribution in [1.29, 1.82) is 15.8 Å². The number of aliphatic imine (C=N–C) groups is 1. The van der Waals surface area contributed by atoms with Gasteiger partial charge in [0, 0.05) is 5.92 Å². The van der Waals surface area contributed by atoms with E-state index in [0.29, 0.717) is 5.56 Å². The van der Waals surface area contributed by atoms with Gasteiger partial charge in [-0.1, -0.05) is 30.3 Å². The Morgan fingerprint density at radius 2 is 1.78 bits per heavy atom. The zero-order valence-corrected chi connectivity index (χ0v) is 11.8. The van der Waals surface area contributed by atoms with Crippen molar-refractivity contribution in [1.82, 2.24) is 0 Å². The van der Waals surface area contributed by atoms with Crippen LogP contribution in [-0.2, 0) is 4.79 Å². The summed E-state index contributed by atoms with van der Waals surface area (Å²) in [6.45, 7) is 0. The molecule has 0 radical (unpaired) electrons. The lowest BCUT2D eigenvalue weighted by Gasteiger charge is -2.10. The van der Waals surface area contributed by atoms with Crippen LogP contribution in [-0.4, -0.2) is 11.7 Å². The minimum Gasteiger partial charge on any atom is -0.386 e. The molecule has 23 heavy (non-hydrogen) atoms. The van der Waals surface area contributed by atoms with Crippen molar-refractivity contribution in [3.05, 3.63) is 47.2 Å². The summed E-state index contributed by atoms with van der Waals surface area (Å²) in [4.78, 5) is 16.2. The highest BCUT2D eigenvalue weighted by Crippen LogP contribution is 2.80. The van der Waals surface area contributed by atoms with Gasteiger partial charge in [-0.3, -0.25) is 4.79 Å². The zero-order chi connectivity index (χ0) is 16.8. The molecule has 1 aliphatic heterocycles. The quantitative estimate of drug-likeness (QED) is 0.759. The van der Waals surface area contributed by atoms with Gasteiger partial charge in [0.2, 0.25) is 5.91 Å². The van der Waals surface area contributed by atoms with Crippen molar-refractivity contribution in [3.8, 4) is 18.2 Å². The predicted octanol–water partition coefficient (Wildman–Crippen LogP) is 0.438. The first-order chi connectivity index (χ1) is 11.0. The molecule has 0 bridgehead atoms. The Bertz CT molecular complexity index is 895. The van der Waals surface area contributed by atoms with E-state index in [4.69, 9.17) is 22.0 Å². The maximum atomic E-state index is 12.2. The van der Waals surface area contributed by atoms with Crippen LogP contribution in [0.4, 0.5) is 0 Å². The molecule has 1 saturated carbocycles. The van der Waals surface area contributed by atoms with Crippen LogP contribution in [0.2, 0.25) is 0 Å². The van der Waals surface area contributed by atoms with Gasteiger partial charge in [0.25, 0.3) is 0 Å². The minimum absolute atomic E-state index is 0.0739. The first-order valence-corrected chi connectivity index (χ1v) is 6.68. The first kappa shape index (κ1) is 14.3. The Hall–Kier alpha value is -3.63. The molecule has 110 valence electrons. The minimum atomic E-state index is -1.52. The number of hydrogen-bond acceptors (Lipinski definition) is 6. The van der Waals surface area contributed by atoms with Crippen LogP contribution in [0.1, 0.15) is 11.5 Å². The second-order valence-corrected chi connectivity index (χ2v) is 5.38. The van der Waals surface area contributed by atoms with Gasteiger partial charge in [0.05, 0.1) is 11.8 Å². The van der Waals surface area contributed by atoms with Gasteiger partial charge in [-0.05, 0) is 5.56 Å². The molecule has 1 heterocycles. The molecular formula is C16H10N6O. The fourth-order valence-electron chi connectivity index (χ4n) is 3.64. The van der Waals surface area contributed by atoms with Gasteiger partial charge in [-0.15, -0.1) is 0 Å². The van der Waals surface area contributed by atoms with Crippen LogP contribution in [0.3, 0.4) is 0 Å². The number of nitrogens with two attached hydrogens (primary N) is 2. The maximum Gasteiger partial charge on any atom is 0.234 e. The van der Waals surface area contributed by atoms with E-state index in [1.807, 2.05) is 0 Å². The Kier molecular flexibility index (Phi) is 2.76. The lowest BCUT2D eigenvalue weighted by Crippen LogP contribution is -2.39. The summed E-state index contributed by atoms with van der Waals surface area (Å²) < 4.78 is 0. The predicted molar refractivity (Wildman–Crippen MR) is 78.7 cm³/mol. The second-order valence-electron chi connectivity index (χ2n) is 5.38. The van der Waals surface area contributed by atoms with Crippen molar-refractivity contribution < 1.29 is 4.79 Å². The van der Waals surface area contributed by atoms with Crippen LogP contribution in [0.25, 0.3) is 0 Å². The van der Waals surface area contributed by atoms with Gasteiger partial charge in [-0.25, -0.2) is 4.99 Å². The summed E-state index contributed by atoms with van der Waals surface area (Å²) in [5.41, 5.74) is 8.73. The van der Waals surface area contributed by atoms with Crippen LogP contribution >= 0.6 is 0 Å². The SMILES string of the molecule is N#CC(C#N)=C1N=C(N)C2(C(N)=O)C(c3ccccc3)C12C#N. The topological polar surface area (TPSA) is 153 Å². The van der Waals surface area contributed by atoms with Gasteiger partial charge in [0.15, 0.2) is 5.57 Å². The number of carbonyl (C=O) groups is 1. The number of allylic oxidation sites excluding steroid dienone is 2.